The Kier molecular flexibility index (Phi) is 2.59. The van der Waals surface area contributed by atoms with Crippen LogP contribution in [0.25, 0.3) is 10.8 Å². The fourth-order valence-electron chi connectivity index (χ4n) is 2.17. The highest BCUT2D eigenvalue weighted by Gasteiger charge is 2.20. The minimum Gasteiger partial charge on any atom is -0.398 e. The van der Waals surface area contributed by atoms with E-state index in [1.807, 2.05) is 24.3 Å². The Morgan fingerprint density at radius 2 is 1.69 bits per heavy atom. The number of nitrogens with two attached hydrogens (primary N) is 1. The largest absolute Gasteiger partial charge is 0.398 e. The fraction of sp³-hybridized carbons (Fsp3) is 0.286. The van der Waals surface area contributed by atoms with Crippen LogP contribution < -0.4 is 5.73 Å². The molecule has 0 saturated carbocycles. The van der Waals surface area contributed by atoms with Gasteiger partial charge >= 0.3 is 0 Å². The van der Waals surface area contributed by atoms with Gasteiger partial charge in [0.2, 0.25) is 0 Å². The summed E-state index contributed by atoms with van der Waals surface area (Å²) in [4.78, 5) is 0. The van der Waals surface area contributed by atoms with E-state index in [0.717, 1.165) is 21.5 Å². The zero-order valence-electron chi connectivity index (χ0n) is 9.84. The average molecular weight is 234 g/mol. The summed E-state index contributed by atoms with van der Waals surface area (Å²) < 4.78 is 0. The average Bonchev–Trinajstić information content (AvgIpc) is 2.15. The van der Waals surface area contributed by atoms with Crippen LogP contribution in [0.5, 0.6) is 0 Å². The number of hydrogen-bond donors (Lipinski definition) is 1. The molecule has 0 atom stereocenters. The lowest BCUT2D eigenvalue weighted by Crippen LogP contribution is -2.14. The summed E-state index contributed by atoms with van der Waals surface area (Å²) in [6.07, 6.45) is 0. The predicted octanol–water partition coefficient (Wildman–Crippen LogP) is 4.37. The molecule has 2 aromatic rings. The van der Waals surface area contributed by atoms with E-state index in [0.29, 0.717) is 0 Å². The van der Waals surface area contributed by atoms with Crippen molar-refractivity contribution in [2.75, 3.05) is 5.73 Å². The lowest BCUT2D eigenvalue weighted by atomic mass is 9.82. The van der Waals surface area contributed by atoms with E-state index >= 15 is 0 Å². The van der Waals surface area contributed by atoms with Crippen molar-refractivity contribution in [1.82, 2.24) is 0 Å². The molecule has 0 radical (unpaired) electrons. The molecule has 2 N–H and O–H groups in total. The van der Waals surface area contributed by atoms with Crippen molar-refractivity contribution in [3.8, 4) is 0 Å². The molecule has 0 heterocycles. The van der Waals surface area contributed by atoms with Crippen molar-refractivity contribution in [3.05, 3.63) is 40.9 Å². The van der Waals surface area contributed by atoms with Gasteiger partial charge in [0.05, 0.1) is 0 Å². The van der Waals surface area contributed by atoms with Crippen molar-refractivity contribution in [1.29, 1.82) is 0 Å². The Bertz CT molecular complexity index is 538. The SMILES string of the molecule is CC(C)(C)c1c(N)ccc2c(Cl)cccc12. The minimum absolute atomic E-state index is 0.0221. The van der Waals surface area contributed by atoms with Gasteiger partial charge in [-0.15, -0.1) is 0 Å². The van der Waals surface area contributed by atoms with Crippen LogP contribution in [0.1, 0.15) is 26.3 Å². The molecule has 0 bridgehead atoms. The monoisotopic (exact) mass is 233 g/mol. The number of anilines is 1. The lowest BCUT2D eigenvalue weighted by molar-refractivity contribution is 0.598. The first-order valence-corrected chi connectivity index (χ1v) is 5.76. The highest BCUT2D eigenvalue weighted by molar-refractivity contribution is 6.35. The van der Waals surface area contributed by atoms with Gasteiger partial charge < -0.3 is 5.73 Å². The summed E-state index contributed by atoms with van der Waals surface area (Å²) >= 11 is 6.19. The van der Waals surface area contributed by atoms with Crippen LogP contribution in [0.15, 0.2) is 30.3 Å². The number of benzene rings is 2. The summed E-state index contributed by atoms with van der Waals surface area (Å²) in [6.45, 7) is 6.50. The molecule has 2 rings (SSSR count). The second kappa shape index (κ2) is 3.67. The summed E-state index contributed by atoms with van der Waals surface area (Å²) in [6, 6.07) is 9.89. The molecule has 0 aliphatic heterocycles. The third kappa shape index (κ3) is 1.76. The van der Waals surface area contributed by atoms with E-state index in [2.05, 4.69) is 26.8 Å². The van der Waals surface area contributed by atoms with Gasteiger partial charge in [-0.1, -0.05) is 50.6 Å². The molecule has 0 spiro atoms. The highest BCUT2D eigenvalue weighted by atomic mass is 35.5. The molecule has 2 heteroatoms. The summed E-state index contributed by atoms with van der Waals surface area (Å²) in [5, 5.41) is 3.01. The molecule has 0 aromatic heterocycles. The Morgan fingerprint density at radius 1 is 1.00 bits per heavy atom. The highest BCUT2D eigenvalue weighted by Crippen LogP contribution is 2.36. The third-order valence-electron chi connectivity index (χ3n) is 2.79. The molecule has 84 valence electrons. The topological polar surface area (TPSA) is 26.0 Å². The number of rotatable bonds is 0. The Morgan fingerprint density at radius 3 is 2.31 bits per heavy atom. The van der Waals surface area contributed by atoms with Crippen molar-refractivity contribution >= 4 is 28.1 Å². The number of halogens is 1. The smallest absolute Gasteiger partial charge is 0.0484 e. The maximum absolute atomic E-state index is 6.19. The normalized spacial score (nSPS) is 12.0. The molecule has 0 unspecified atom stereocenters. The van der Waals surface area contributed by atoms with Gasteiger partial charge in [0, 0.05) is 16.1 Å². The van der Waals surface area contributed by atoms with Crippen LogP contribution in [0.4, 0.5) is 5.69 Å². The molecule has 16 heavy (non-hydrogen) atoms. The number of hydrogen-bond acceptors (Lipinski definition) is 1. The summed E-state index contributed by atoms with van der Waals surface area (Å²) in [7, 11) is 0. The van der Waals surface area contributed by atoms with Crippen LogP contribution in [-0.4, -0.2) is 0 Å². The Balaban J connectivity index is 2.91. The minimum atomic E-state index is 0.0221. The van der Waals surface area contributed by atoms with Gasteiger partial charge in [0.1, 0.15) is 0 Å². The molecular formula is C14H16ClN. The molecular weight excluding hydrogens is 218 g/mol. The molecule has 0 fully saturated rings. The molecule has 0 aliphatic carbocycles. The fourth-order valence-corrected chi connectivity index (χ4v) is 2.41. The lowest BCUT2D eigenvalue weighted by Gasteiger charge is -2.23. The van der Waals surface area contributed by atoms with Crippen LogP contribution in [-0.2, 0) is 5.41 Å². The van der Waals surface area contributed by atoms with Gasteiger partial charge in [-0.3, -0.25) is 0 Å². The maximum Gasteiger partial charge on any atom is 0.0484 e. The second-order valence-electron chi connectivity index (χ2n) is 5.11. The molecule has 0 saturated heterocycles. The first kappa shape index (κ1) is 11.3. The van der Waals surface area contributed by atoms with Crippen molar-refractivity contribution in [3.63, 3.8) is 0 Å². The summed E-state index contributed by atoms with van der Waals surface area (Å²) in [5.41, 5.74) is 8.11. The van der Waals surface area contributed by atoms with Gasteiger partial charge in [-0.2, -0.15) is 0 Å². The van der Waals surface area contributed by atoms with E-state index in [1.165, 1.54) is 5.56 Å². The standard InChI is InChI=1S/C14H16ClN/c1-14(2,3)13-10-5-4-6-11(15)9(10)7-8-12(13)16/h4-8H,16H2,1-3H3. The van der Waals surface area contributed by atoms with Crippen LogP contribution >= 0.6 is 11.6 Å². The van der Waals surface area contributed by atoms with Crippen molar-refractivity contribution in [2.45, 2.75) is 26.2 Å². The van der Waals surface area contributed by atoms with E-state index < -0.39 is 0 Å². The number of fused-ring (bicyclic) bond motifs is 1. The zero-order chi connectivity index (χ0) is 11.9. The van der Waals surface area contributed by atoms with Crippen LogP contribution in [0.3, 0.4) is 0 Å². The molecule has 2 aromatic carbocycles. The quantitative estimate of drug-likeness (QED) is 0.672. The van der Waals surface area contributed by atoms with E-state index in [9.17, 15) is 0 Å². The van der Waals surface area contributed by atoms with Gasteiger partial charge in [-0.05, 0) is 28.5 Å². The second-order valence-corrected chi connectivity index (χ2v) is 5.52. The van der Waals surface area contributed by atoms with Gasteiger partial charge in [-0.25, -0.2) is 0 Å². The zero-order valence-corrected chi connectivity index (χ0v) is 10.6. The van der Waals surface area contributed by atoms with E-state index in [4.69, 9.17) is 17.3 Å². The predicted molar refractivity (Wildman–Crippen MR) is 72.1 cm³/mol. The van der Waals surface area contributed by atoms with E-state index in [1.54, 1.807) is 0 Å². The molecule has 1 nitrogen and oxygen atoms in total. The maximum atomic E-state index is 6.19. The van der Waals surface area contributed by atoms with Crippen molar-refractivity contribution < 1.29 is 0 Å². The molecule has 0 aliphatic rings. The van der Waals surface area contributed by atoms with Gasteiger partial charge in [0.15, 0.2) is 0 Å². The van der Waals surface area contributed by atoms with Gasteiger partial charge in [0.25, 0.3) is 0 Å². The van der Waals surface area contributed by atoms with E-state index in [-0.39, 0.29) is 5.41 Å². The Labute approximate surface area is 101 Å². The third-order valence-corrected chi connectivity index (χ3v) is 3.12. The summed E-state index contributed by atoms with van der Waals surface area (Å²) in [5.74, 6) is 0. The van der Waals surface area contributed by atoms with Crippen LogP contribution in [0.2, 0.25) is 5.02 Å². The van der Waals surface area contributed by atoms with Crippen LogP contribution in [0, 0.1) is 0 Å². The van der Waals surface area contributed by atoms with Crippen molar-refractivity contribution in [2.24, 2.45) is 0 Å². The first-order valence-electron chi connectivity index (χ1n) is 5.38. The molecule has 0 amide bonds. The number of nitrogen functional groups attached to an aromatic ring is 1. The Hall–Kier alpha value is -1.21. The first-order chi connectivity index (χ1) is 7.41.